The first-order chi connectivity index (χ1) is 10.7. The standard InChI is InChI=1S/C18H23N3O/c1-15-14-21(13-10-19-15)18(22)17-8-5-11-20(17)12-9-16-6-3-2-4-7-16/h2-8,11,15,19H,9-10,12-14H2,1H3. The highest BCUT2D eigenvalue weighted by atomic mass is 16.2. The van der Waals surface area contributed by atoms with Crippen LogP contribution in [0.25, 0.3) is 0 Å². The fourth-order valence-corrected chi connectivity index (χ4v) is 2.98. The minimum atomic E-state index is 0.145. The SMILES string of the molecule is CC1CN(C(=O)c2cccn2CCc2ccccc2)CCN1. The summed E-state index contributed by atoms with van der Waals surface area (Å²) in [5.74, 6) is 0.145. The molecule has 1 atom stereocenters. The van der Waals surface area contributed by atoms with Crippen molar-refractivity contribution in [3.05, 3.63) is 59.9 Å². The van der Waals surface area contributed by atoms with E-state index in [1.165, 1.54) is 5.56 Å². The van der Waals surface area contributed by atoms with E-state index in [4.69, 9.17) is 0 Å². The third-order valence-corrected chi connectivity index (χ3v) is 4.19. The average Bonchev–Trinajstić information content (AvgIpc) is 3.01. The third kappa shape index (κ3) is 3.39. The topological polar surface area (TPSA) is 37.3 Å². The van der Waals surface area contributed by atoms with E-state index in [1.54, 1.807) is 0 Å². The molecule has 0 aliphatic carbocycles. The van der Waals surface area contributed by atoms with Gasteiger partial charge >= 0.3 is 0 Å². The number of aryl methyl sites for hydroxylation is 2. The summed E-state index contributed by atoms with van der Waals surface area (Å²) in [5, 5.41) is 3.37. The smallest absolute Gasteiger partial charge is 0.270 e. The van der Waals surface area contributed by atoms with Gasteiger partial charge in [0.2, 0.25) is 0 Å². The molecule has 1 N–H and O–H groups in total. The lowest BCUT2D eigenvalue weighted by Crippen LogP contribution is -2.51. The van der Waals surface area contributed by atoms with Crippen LogP contribution in [0.15, 0.2) is 48.7 Å². The highest BCUT2D eigenvalue weighted by Crippen LogP contribution is 2.11. The molecule has 1 saturated heterocycles. The first kappa shape index (κ1) is 14.9. The summed E-state index contributed by atoms with van der Waals surface area (Å²) in [6.07, 6.45) is 2.94. The van der Waals surface area contributed by atoms with Crippen LogP contribution < -0.4 is 5.32 Å². The molecule has 2 aromatic rings. The van der Waals surface area contributed by atoms with Crippen molar-refractivity contribution in [2.45, 2.75) is 25.9 Å². The van der Waals surface area contributed by atoms with Gasteiger partial charge in [-0.3, -0.25) is 4.79 Å². The lowest BCUT2D eigenvalue weighted by atomic mass is 10.1. The van der Waals surface area contributed by atoms with Crippen LogP contribution in [0.4, 0.5) is 0 Å². The Labute approximate surface area is 131 Å². The van der Waals surface area contributed by atoms with E-state index in [9.17, 15) is 4.79 Å². The number of hydrogen-bond donors (Lipinski definition) is 1. The van der Waals surface area contributed by atoms with Crippen molar-refractivity contribution in [1.29, 1.82) is 0 Å². The Balaban J connectivity index is 1.67. The van der Waals surface area contributed by atoms with Crippen LogP contribution in [-0.2, 0) is 13.0 Å². The maximum Gasteiger partial charge on any atom is 0.270 e. The highest BCUT2D eigenvalue weighted by Gasteiger charge is 2.23. The van der Waals surface area contributed by atoms with Gasteiger partial charge < -0.3 is 14.8 Å². The Kier molecular flexibility index (Phi) is 4.59. The van der Waals surface area contributed by atoms with Gasteiger partial charge in [0.1, 0.15) is 5.69 Å². The van der Waals surface area contributed by atoms with E-state index in [2.05, 4.69) is 41.1 Å². The Bertz CT molecular complexity index is 620. The molecule has 4 nitrogen and oxygen atoms in total. The number of carbonyl (C=O) groups excluding carboxylic acids is 1. The minimum Gasteiger partial charge on any atom is -0.343 e. The molecule has 0 bridgehead atoms. The Morgan fingerprint density at radius 1 is 1.23 bits per heavy atom. The summed E-state index contributed by atoms with van der Waals surface area (Å²) < 4.78 is 2.07. The zero-order valence-electron chi connectivity index (χ0n) is 13.0. The Morgan fingerprint density at radius 3 is 2.82 bits per heavy atom. The molecule has 1 aromatic heterocycles. The molecular formula is C18H23N3O. The van der Waals surface area contributed by atoms with Gasteiger partial charge in [-0.25, -0.2) is 0 Å². The van der Waals surface area contributed by atoms with E-state index in [0.29, 0.717) is 6.04 Å². The Morgan fingerprint density at radius 2 is 2.05 bits per heavy atom. The number of aromatic nitrogens is 1. The van der Waals surface area contributed by atoms with Crippen LogP contribution in [0.5, 0.6) is 0 Å². The van der Waals surface area contributed by atoms with E-state index < -0.39 is 0 Å². The first-order valence-electron chi connectivity index (χ1n) is 7.96. The van der Waals surface area contributed by atoms with Gasteiger partial charge in [0, 0.05) is 38.4 Å². The predicted octanol–water partition coefficient (Wildman–Crippen LogP) is 2.16. The van der Waals surface area contributed by atoms with Gasteiger partial charge in [0.05, 0.1) is 0 Å². The molecule has 0 radical (unpaired) electrons. The van der Waals surface area contributed by atoms with Gasteiger partial charge in [-0.2, -0.15) is 0 Å². The number of nitrogens with zero attached hydrogens (tertiary/aromatic N) is 2. The summed E-state index contributed by atoms with van der Waals surface area (Å²) in [7, 11) is 0. The lowest BCUT2D eigenvalue weighted by Gasteiger charge is -2.32. The molecule has 1 aromatic carbocycles. The normalized spacial score (nSPS) is 18.4. The van der Waals surface area contributed by atoms with E-state index in [0.717, 1.165) is 38.3 Å². The van der Waals surface area contributed by atoms with Crippen LogP contribution in [0.1, 0.15) is 23.0 Å². The van der Waals surface area contributed by atoms with Crippen LogP contribution >= 0.6 is 0 Å². The number of rotatable bonds is 4. The van der Waals surface area contributed by atoms with E-state index >= 15 is 0 Å². The van der Waals surface area contributed by atoms with Gasteiger partial charge in [-0.1, -0.05) is 30.3 Å². The number of piperazine rings is 1. The second-order valence-electron chi connectivity index (χ2n) is 5.93. The second kappa shape index (κ2) is 6.79. The molecule has 1 fully saturated rings. The van der Waals surface area contributed by atoms with E-state index in [1.807, 2.05) is 29.3 Å². The third-order valence-electron chi connectivity index (χ3n) is 4.19. The maximum atomic E-state index is 12.7. The highest BCUT2D eigenvalue weighted by molar-refractivity contribution is 5.92. The van der Waals surface area contributed by atoms with Gasteiger partial charge in [0.25, 0.3) is 5.91 Å². The van der Waals surface area contributed by atoms with Crippen LogP contribution in [0.3, 0.4) is 0 Å². The quantitative estimate of drug-likeness (QED) is 0.939. The summed E-state index contributed by atoms with van der Waals surface area (Å²) in [5.41, 5.74) is 2.09. The van der Waals surface area contributed by atoms with Crippen LogP contribution in [-0.4, -0.2) is 41.1 Å². The van der Waals surface area contributed by atoms with E-state index in [-0.39, 0.29) is 5.91 Å². The zero-order chi connectivity index (χ0) is 15.4. The number of benzene rings is 1. The number of amides is 1. The van der Waals surface area contributed by atoms with Crippen molar-refractivity contribution in [2.24, 2.45) is 0 Å². The van der Waals surface area contributed by atoms with Gasteiger partial charge in [-0.15, -0.1) is 0 Å². The van der Waals surface area contributed by atoms with Crippen LogP contribution in [0.2, 0.25) is 0 Å². The molecule has 1 aliphatic heterocycles. The molecule has 22 heavy (non-hydrogen) atoms. The average molecular weight is 297 g/mol. The van der Waals surface area contributed by atoms with Crippen molar-refractivity contribution >= 4 is 5.91 Å². The van der Waals surface area contributed by atoms with Crippen LogP contribution in [0, 0.1) is 0 Å². The molecule has 1 amide bonds. The molecule has 0 saturated carbocycles. The lowest BCUT2D eigenvalue weighted by molar-refractivity contribution is 0.0698. The molecule has 116 valence electrons. The maximum absolute atomic E-state index is 12.7. The first-order valence-corrected chi connectivity index (χ1v) is 7.96. The van der Waals surface area contributed by atoms with Crippen molar-refractivity contribution < 1.29 is 4.79 Å². The second-order valence-corrected chi connectivity index (χ2v) is 5.93. The van der Waals surface area contributed by atoms with Crippen molar-refractivity contribution in [3.63, 3.8) is 0 Å². The van der Waals surface area contributed by atoms with Gasteiger partial charge in [-0.05, 0) is 31.0 Å². The fraction of sp³-hybridized carbons (Fsp3) is 0.389. The molecule has 0 spiro atoms. The predicted molar refractivity (Wildman–Crippen MR) is 87.9 cm³/mol. The van der Waals surface area contributed by atoms with Gasteiger partial charge in [0.15, 0.2) is 0 Å². The number of carbonyl (C=O) groups is 1. The molecule has 1 aliphatic rings. The van der Waals surface area contributed by atoms with Crippen molar-refractivity contribution in [2.75, 3.05) is 19.6 Å². The monoisotopic (exact) mass is 297 g/mol. The summed E-state index contributed by atoms with van der Waals surface area (Å²) in [6, 6.07) is 14.7. The fourth-order valence-electron chi connectivity index (χ4n) is 2.98. The van der Waals surface area contributed by atoms with Crippen molar-refractivity contribution in [3.8, 4) is 0 Å². The number of nitrogens with one attached hydrogen (secondary N) is 1. The molecule has 1 unspecified atom stereocenters. The summed E-state index contributed by atoms with van der Waals surface area (Å²) >= 11 is 0. The van der Waals surface area contributed by atoms with Crippen molar-refractivity contribution in [1.82, 2.24) is 14.8 Å². The molecule has 2 heterocycles. The zero-order valence-corrected chi connectivity index (χ0v) is 13.0. The minimum absolute atomic E-state index is 0.145. The number of hydrogen-bond acceptors (Lipinski definition) is 2. The summed E-state index contributed by atoms with van der Waals surface area (Å²) in [6.45, 7) is 5.39. The summed E-state index contributed by atoms with van der Waals surface area (Å²) in [4.78, 5) is 14.7. The molecule has 4 heteroatoms. The largest absolute Gasteiger partial charge is 0.343 e. The Hall–Kier alpha value is -2.07. The molecule has 3 rings (SSSR count). The molecular weight excluding hydrogens is 274 g/mol.